The van der Waals surface area contributed by atoms with Crippen molar-refractivity contribution in [3.05, 3.63) is 48.6 Å². The lowest BCUT2D eigenvalue weighted by Gasteiger charge is -2.18. The molecule has 0 radical (unpaired) electrons. The number of rotatable bonds is 42. The number of ether oxygens (including phenoxy) is 3. The van der Waals surface area contributed by atoms with Gasteiger partial charge in [-0.15, -0.1) is 0 Å². The smallest absolute Gasteiger partial charge is 0.306 e. The zero-order valence-electron chi connectivity index (χ0n) is 36.9. The molecule has 0 aliphatic rings. The highest BCUT2D eigenvalue weighted by Gasteiger charge is 2.19. The molecule has 0 aromatic rings. The van der Waals surface area contributed by atoms with Crippen molar-refractivity contribution in [2.45, 2.75) is 239 Å². The topological polar surface area (TPSA) is 78.9 Å². The maximum Gasteiger partial charge on any atom is 0.306 e. The second-order valence-corrected chi connectivity index (χ2v) is 15.7. The lowest BCUT2D eigenvalue weighted by Crippen LogP contribution is -2.30. The van der Waals surface area contributed by atoms with Gasteiger partial charge in [0.1, 0.15) is 13.2 Å². The summed E-state index contributed by atoms with van der Waals surface area (Å²) >= 11 is 0. The molecule has 6 heteroatoms. The van der Waals surface area contributed by atoms with E-state index in [9.17, 15) is 14.4 Å². The van der Waals surface area contributed by atoms with Crippen molar-refractivity contribution < 1.29 is 28.6 Å². The maximum absolute atomic E-state index is 12.7. The summed E-state index contributed by atoms with van der Waals surface area (Å²) in [5, 5.41) is 0. The minimum Gasteiger partial charge on any atom is -0.462 e. The van der Waals surface area contributed by atoms with Crippen LogP contribution in [-0.2, 0) is 28.6 Å². The number of hydrogen-bond acceptors (Lipinski definition) is 6. The van der Waals surface area contributed by atoms with Crippen LogP contribution in [0.3, 0.4) is 0 Å². The summed E-state index contributed by atoms with van der Waals surface area (Å²) in [6.45, 7) is 6.47. The Kier molecular flexibility index (Phi) is 43.0. The summed E-state index contributed by atoms with van der Waals surface area (Å²) in [7, 11) is 0. The number of allylic oxidation sites excluding steroid dienone is 8. The van der Waals surface area contributed by atoms with Crippen LogP contribution in [0.5, 0.6) is 0 Å². The number of carbonyl (C=O) groups is 3. The van der Waals surface area contributed by atoms with E-state index < -0.39 is 6.10 Å². The first-order valence-electron chi connectivity index (χ1n) is 23.7. The minimum absolute atomic E-state index is 0.0778. The molecule has 324 valence electrons. The molecule has 0 aromatic heterocycles. The second-order valence-electron chi connectivity index (χ2n) is 15.7. The molecule has 0 spiro atoms. The molecule has 56 heavy (non-hydrogen) atoms. The van der Waals surface area contributed by atoms with E-state index in [1.54, 1.807) is 0 Å². The van der Waals surface area contributed by atoms with E-state index >= 15 is 0 Å². The Morgan fingerprint density at radius 1 is 0.375 bits per heavy atom. The highest BCUT2D eigenvalue weighted by Crippen LogP contribution is 2.15. The van der Waals surface area contributed by atoms with E-state index in [-0.39, 0.29) is 31.1 Å². The summed E-state index contributed by atoms with van der Waals surface area (Å²) < 4.78 is 16.7. The van der Waals surface area contributed by atoms with Crippen LogP contribution in [0.15, 0.2) is 48.6 Å². The van der Waals surface area contributed by atoms with Crippen molar-refractivity contribution in [1.29, 1.82) is 0 Å². The summed E-state index contributed by atoms with van der Waals surface area (Å²) in [6.07, 6.45) is 52.3. The van der Waals surface area contributed by atoms with Crippen molar-refractivity contribution in [3.63, 3.8) is 0 Å². The van der Waals surface area contributed by atoms with Crippen molar-refractivity contribution >= 4 is 17.9 Å². The van der Waals surface area contributed by atoms with Gasteiger partial charge in [0.15, 0.2) is 6.10 Å². The van der Waals surface area contributed by atoms with Gasteiger partial charge in [0.05, 0.1) is 0 Å². The highest BCUT2D eigenvalue weighted by molar-refractivity contribution is 5.71. The molecular formula is C50H88O6. The summed E-state index contributed by atoms with van der Waals surface area (Å²) in [4.78, 5) is 37.8. The van der Waals surface area contributed by atoms with Crippen molar-refractivity contribution in [1.82, 2.24) is 0 Å². The van der Waals surface area contributed by atoms with Crippen molar-refractivity contribution in [2.24, 2.45) is 0 Å². The van der Waals surface area contributed by atoms with Crippen LogP contribution in [0.4, 0.5) is 0 Å². The molecule has 0 rings (SSSR count). The van der Waals surface area contributed by atoms with Gasteiger partial charge in [-0.25, -0.2) is 0 Å². The zero-order chi connectivity index (χ0) is 40.8. The fourth-order valence-corrected chi connectivity index (χ4v) is 6.63. The van der Waals surface area contributed by atoms with E-state index in [1.165, 1.54) is 109 Å². The quantitative estimate of drug-likeness (QED) is 0.0265. The maximum atomic E-state index is 12.7. The van der Waals surface area contributed by atoms with Gasteiger partial charge in [0, 0.05) is 19.3 Å². The molecule has 0 aliphatic heterocycles. The Bertz CT molecular complexity index is 996. The standard InChI is InChI=1S/C50H88O6/c1-4-7-10-13-16-19-22-24-25-26-29-31-34-37-40-43-49(52)55-46-47(45-54-48(51)42-39-36-33-30-27-21-18-15-12-9-6-3)56-50(53)44-41-38-35-32-28-23-20-17-14-11-8-5-2/h7,10,13,16,19,22,24-25,47H,4-6,8-9,11-12,14-15,17-18,20-21,23,26-46H2,1-3H3/b10-7-,16-13-,22-19-,25-24-. The average molecular weight is 785 g/mol. The SMILES string of the molecule is CC\C=C/C=C\C=C/C=C\CCCCCCCC(=O)OCC(COC(=O)CCCCCCCCCCCCC)OC(=O)CCCCCCCCCCCCCC. The molecule has 0 bridgehead atoms. The van der Waals surface area contributed by atoms with E-state index in [1.807, 2.05) is 18.2 Å². The van der Waals surface area contributed by atoms with Gasteiger partial charge in [0.25, 0.3) is 0 Å². The summed E-state index contributed by atoms with van der Waals surface area (Å²) in [5.41, 5.74) is 0. The normalized spacial score (nSPS) is 12.4. The van der Waals surface area contributed by atoms with E-state index in [0.717, 1.165) is 83.5 Å². The molecule has 1 unspecified atom stereocenters. The highest BCUT2D eigenvalue weighted by atomic mass is 16.6. The number of esters is 3. The summed E-state index contributed by atoms with van der Waals surface area (Å²) in [5.74, 6) is -0.899. The molecule has 0 saturated carbocycles. The number of unbranched alkanes of at least 4 members (excludes halogenated alkanes) is 26. The van der Waals surface area contributed by atoms with Gasteiger partial charge >= 0.3 is 17.9 Å². The molecule has 0 N–H and O–H groups in total. The van der Waals surface area contributed by atoms with Crippen LogP contribution in [-0.4, -0.2) is 37.2 Å². The molecule has 0 saturated heterocycles. The van der Waals surface area contributed by atoms with Gasteiger partial charge in [-0.3, -0.25) is 14.4 Å². The first-order valence-corrected chi connectivity index (χ1v) is 23.7. The summed E-state index contributed by atoms with van der Waals surface area (Å²) in [6, 6.07) is 0. The monoisotopic (exact) mass is 785 g/mol. The zero-order valence-corrected chi connectivity index (χ0v) is 36.9. The van der Waals surface area contributed by atoms with Crippen LogP contribution < -0.4 is 0 Å². The molecule has 0 amide bonds. The minimum atomic E-state index is -0.776. The van der Waals surface area contributed by atoms with Crippen molar-refractivity contribution in [2.75, 3.05) is 13.2 Å². The molecule has 0 aromatic carbocycles. The van der Waals surface area contributed by atoms with E-state index in [2.05, 4.69) is 51.2 Å². The Labute approximate surface area is 346 Å². The Balaban J connectivity index is 4.40. The molecule has 0 heterocycles. The van der Waals surface area contributed by atoms with Crippen LogP contribution in [0.25, 0.3) is 0 Å². The third-order valence-electron chi connectivity index (χ3n) is 10.2. The van der Waals surface area contributed by atoms with Crippen LogP contribution in [0.2, 0.25) is 0 Å². The van der Waals surface area contributed by atoms with Gasteiger partial charge in [-0.05, 0) is 38.5 Å². The third-order valence-corrected chi connectivity index (χ3v) is 10.2. The fourth-order valence-electron chi connectivity index (χ4n) is 6.63. The van der Waals surface area contributed by atoms with Crippen molar-refractivity contribution in [3.8, 4) is 0 Å². The second kappa shape index (κ2) is 45.1. The average Bonchev–Trinajstić information content (AvgIpc) is 3.19. The predicted octanol–water partition coefficient (Wildman–Crippen LogP) is 15.1. The lowest BCUT2D eigenvalue weighted by molar-refractivity contribution is -0.167. The third kappa shape index (κ3) is 42.5. The first kappa shape index (κ1) is 53.4. The Morgan fingerprint density at radius 3 is 1.09 bits per heavy atom. The van der Waals surface area contributed by atoms with Crippen LogP contribution >= 0.6 is 0 Å². The first-order chi connectivity index (χ1) is 27.5. The van der Waals surface area contributed by atoms with Gasteiger partial charge in [-0.2, -0.15) is 0 Å². The molecule has 0 fully saturated rings. The molecule has 0 aliphatic carbocycles. The molecule has 1 atom stereocenters. The molecular weight excluding hydrogens is 697 g/mol. The Hall–Kier alpha value is -2.63. The van der Waals surface area contributed by atoms with Crippen LogP contribution in [0, 0.1) is 0 Å². The van der Waals surface area contributed by atoms with Gasteiger partial charge in [-0.1, -0.05) is 223 Å². The Morgan fingerprint density at radius 2 is 0.696 bits per heavy atom. The van der Waals surface area contributed by atoms with E-state index in [4.69, 9.17) is 14.2 Å². The van der Waals surface area contributed by atoms with E-state index in [0.29, 0.717) is 19.3 Å². The lowest BCUT2D eigenvalue weighted by atomic mass is 10.0. The van der Waals surface area contributed by atoms with Gasteiger partial charge < -0.3 is 14.2 Å². The van der Waals surface area contributed by atoms with Crippen LogP contribution in [0.1, 0.15) is 233 Å². The van der Waals surface area contributed by atoms with Gasteiger partial charge in [0.2, 0.25) is 0 Å². The number of hydrogen-bond donors (Lipinski definition) is 0. The molecule has 6 nitrogen and oxygen atoms in total. The fraction of sp³-hybridized carbons (Fsp3) is 0.780. The number of carbonyl (C=O) groups excluding carboxylic acids is 3. The predicted molar refractivity (Wildman–Crippen MR) is 238 cm³/mol. The largest absolute Gasteiger partial charge is 0.462 e.